The van der Waals surface area contributed by atoms with E-state index in [0.29, 0.717) is 0 Å². The molecule has 3 rings (SSSR count). The molecule has 0 radical (unpaired) electrons. The highest BCUT2D eigenvalue weighted by atomic mass is 16.6. The third-order valence-electron chi connectivity index (χ3n) is 3.62. The van der Waals surface area contributed by atoms with Gasteiger partial charge in [0.05, 0.1) is 10.5 Å². The standard InChI is InChI=1S/C17H12BNO6/c20-17(13-7-14(18(21)22)10-15(8-13)19(23)24)25-16-6-5-11-3-1-2-4-12(11)9-16/h1-10,21-22H. The first-order valence-corrected chi connectivity index (χ1v) is 7.30. The Morgan fingerprint density at radius 2 is 1.72 bits per heavy atom. The summed E-state index contributed by atoms with van der Waals surface area (Å²) in [5.74, 6) is -0.554. The van der Waals surface area contributed by atoms with Gasteiger partial charge in [0, 0.05) is 12.1 Å². The van der Waals surface area contributed by atoms with Gasteiger partial charge < -0.3 is 14.8 Å². The van der Waals surface area contributed by atoms with Crippen LogP contribution in [-0.2, 0) is 0 Å². The SMILES string of the molecule is O=C(Oc1ccc2ccccc2c1)c1cc(B(O)O)cc([N+](=O)[O-])c1. The van der Waals surface area contributed by atoms with Crippen LogP contribution in [0.15, 0.2) is 60.7 Å². The predicted molar refractivity (Wildman–Crippen MR) is 91.8 cm³/mol. The number of ether oxygens (including phenoxy) is 1. The molecule has 3 aromatic rings. The average Bonchev–Trinajstić information content (AvgIpc) is 2.61. The van der Waals surface area contributed by atoms with E-state index in [2.05, 4.69) is 0 Å². The Balaban J connectivity index is 1.92. The van der Waals surface area contributed by atoms with E-state index >= 15 is 0 Å². The summed E-state index contributed by atoms with van der Waals surface area (Å²) in [4.78, 5) is 22.5. The molecular weight excluding hydrogens is 325 g/mol. The Hall–Kier alpha value is -3.23. The number of carbonyl (C=O) groups excluding carboxylic acids is 1. The summed E-state index contributed by atoms with van der Waals surface area (Å²) < 4.78 is 5.25. The molecule has 2 N–H and O–H groups in total. The van der Waals surface area contributed by atoms with Crippen molar-refractivity contribution in [2.75, 3.05) is 0 Å². The number of nitro benzene ring substituents is 1. The van der Waals surface area contributed by atoms with Gasteiger partial charge in [-0.15, -0.1) is 0 Å². The molecule has 0 saturated carbocycles. The Morgan fingerprint density at radius 1 is 1.00 bits per heavy atom. The maximum Gasteiger partial charge on any atom is 0.488 e. The van der Waals surface area contributed by atoms with E-state index in [-0.39, 0.29) is 16.8 Å². The van der Waals surface area contributed by atoms with Crippen molar-refractivity contribution in [1.29, 1.82) is 0 Å². The number of non-ortho nitro benzene ring substituents is 1. The zero-order chi connectivity index (χ0) is 18.0. The number of hydrogen-bond acceptors (Lipinski definition) is 6. The molecule has 8 heteroatoms. The van der Waals surface area contributed by atoms with Crippen molar-refractivity contribution >= 4 is 35.0 Å². The first-order chi connectivity index (χ1) is 11.9. The molecule has 0 bridgehead atoms. The van der Waals surface area contributed by atoms with Crippen molar-refractivity contribution in [3.05, 3.63) is 76.3 Å². The Morgan fingerprint density at radius 3 is 2.40 bits per heavy atom. The van der Waals surface area contributed by atoms with Crippen molar-refractivity contribution in [1.82, 2.24) is 0 Å². The lowest BCUT2D eigenvalue weighted by atomic mass is 9.79. The van der Waals surface area contributed by atoms with Crippen molar-refractivity contribution in [3.8, 4) is 5.75 Å². The van der Waals surface area contributed by atoms with Gasteiger partial charge in [-0.25, -0.2) is 4.79 Å². The first kappa shape index (κ1) is 16.6. The monoisotopic (exact) mass is 337 g/mol. The summed E-state index contributed by atoms with van der Waals surface area (Å²) in [6.07, 6.45) is 0. The van der Waals surface area contributed by atoms with Gasteiger partial charge in [-0.2, -0.15) is 0 Å². The van der Waals surface area contributed by atoms with Crippen molar-refractivity contribution in [3.63, 3.8) is 0 Å². The van der Waals surface area contributed by atoms with E-state index in [4.69, 9.17) is 4.74 Å². The van der Waals surface area contributed by atoms with Gasteiger partial charge in [0.25, 0.3) is 5.69 Å². The van der Waals surface area contributed by atoms with Crippen LogP contribution in [0.2, 0.25) is 0 Å². The number of nitrogens with zero attached hydrogens (tertiary/aromatic N) is 1. The van der Waals surface area contributed by atoms with E-state index < -0.39 is 23.7 Å². The van der Waals surface area contributed by atoms with Gasteiger partial charge in [0.15, 0.2) is 0 Å². The van der Waals surface area contributed by atoms with E-state index in [0.717, 1.165) is 29.0 Å². The van der Waals surface area contributed by atoms with Crippen LogP contribution in [0, 0.1) is 10.1 Å². The zero-order valence-electron chi connectivity index (χ0n) is 12.8. The summed E-state index contributed by atoms with van der Waals surface area (Å²) in [7, 11) is -1.94. The molecule has 0 heterocycles. The maximum atomic E-state index is 12.3. The maximum absolute atomic E-state index is 12.3. The molecular formula is C17H12BNO6. The molecule has 0 saturated heterocycles. The summed E-state index contributed by atoms with van der Waals surface area (Å²) >= 11 is 0. The molecule has 0 spiro atoms. The van der Waals surface area contributed by atoms with Gasteiger partial charge >= 0.3 is 13.1 Å². The second kappa shape index (κ2) is 6.72. The van der Waals surface area contributed by atoms with E-state index in [1.165, 1.54) is 0 Å². The third kappa shape index (κ3) is 3.65. The van der Waals surface area contributed by atoms with Crippen LogP contribution < -0.4 is 10.2 Å². The number of nitro groups is 1. The fourth-order valence-electron chi connectivity index (χ4n) is 2.40. The van der Waals surface area contributed by atoms with Crippen molar-refractivity contribution < 1.29 is 24.5 Å². The molecule has 0 aromatic heterocycles. The summed E-state index contributed by atoms with van der Waals surface area (Å²) in [5.41, 5.74) is -0.749. The highest BCUT2D eigenvalue weighted by molar-refractivity contribution is 6.58. The predicted octanol–water partition coefficient (Wildman–Crippen LogP) is 1.65. The van der Waals surface area contributed by atoms with Gasteiger partial charge in [-0.05, 0) is 34.4 Å². The highest BCUT2D eigenvalue weighted by Gasteiger charge is 2.21. The minimum atomic E-state index is -1.94. The molecule has 0 aliphatic rings. The second-order valence-corrected chi connectivity index (χ2v) is 5.34. The second-order valence-electron chi connectivity index (χ2n) is 5.34. The minimum absolute atomic E-state index is 0.148. The van der Waals surface area contributed by atoms with Gasteiger partial charge in [0.1, 0.15) is 5.75 Å². The Kier molecular flexibility index (Phi) is 4.47. The Bertz CT molecular complexity index is 972. The van der Waals surface area contributed by atoms with Crippen molar-refractivity contribution in [2.45, 2.75) is 0 Å². The quantitative estimate of drug-likeness (QED) is 0.246. The van der Waals surface area contributed by atoms with Crippen LogP contribution in [0.25, 0.3) is 10.8 Å². The van der Waals surface area contributed by atoms with E-state index in [1.807, 2.05) is 24.3 Å². The molecule has 7 nitrogen and oxygen atoms in total. The van der Waals surface area contributed by atoms with Crippen LogP contribution in [0.1, 0.15) is 10.4 Å². The molecule has 124 valence electrons. The molecule has 0 fully saturated rings. The number of hydrogen-bond donors (Lipinski definition) is 2. The third-order valence-corrected chi connectivity index (χ3v) is 3.62. The normalized spacial score (nSPS) is 10.5. The fraction of sp³-hybridized carbons (Fsp3) is 0. The van der Waals surface area contributed by atoms with Crippen LogP contribution in [0.4, 0.5) is 5.69 Å². The van der Waals surface area contributed by atoms with Crippen LogP contribution >= 0.6 is 0 Å². The van der Waals surface area contributed by atoms with Gasteiger partial charge in [-0.3, -0.25) is 10.1 Å². The Labute approximate surface area is 142 Å². The zero-order valence-corrected chi connectivity index (χ0v) is 12.8. The number of fused-ring (bicyclic) bond motifs is 1. The largest absolute Gasteiger partial charge is 0.488 e. The molecule has 0 amide bonds. The number of benzene rings is 3. The molecule has 3 aromatic carbocycles. The smallest absolute Gasteiger partial charge is 0.423 e. The van der Waals surface area contributed by atoms with Gasteiger partial charge in [-0.1, -0.05) is 30.3 Å². The minimum Gasteiger partial charge on any atom is -0.423 e. The summed E-state index contributed by atoms with van der Waals surface area (Å²) in [5, 5.41) is 31.2. The van der Waals surface area contributed by atoms with Crippen LogP contribution in [0.3, 0.4) is 0 Å². The molecule has 25 heavy (non-hydrogen) atoms. The fourth-order valence-corrected chi connectivity index (χ4v) is 2.40. The molecule has 0 atom stereocenters. The average molecular weight is 337 g/mol. The van der Waals surface area contributed by atoms with Gasteiger partial charge in [0.2, 0.25) is 0 Å². The van der Waals surface area contributed by atoms with Crippen LogP contribution in [-0.4, -0.2) is 28.1 Å². The molecule has 0 aliphatic heterocycles. The molecule has 0 unspecified atom stereocenters. The number of rotatable bonds is 4. The molecule has 0 aliphatic carbocycles. The lowest BCUT2D eigenvalue weighted by Gasteiger charge is -2.07. The van der Waals surface area contributed by atoms with E-state index in [1.54, 1.807) is 18.2 Å². The lowest BCUT2D eigenvalue weighted by molar-refractivity contribution is -0.384. The lowest BCUT2D eigenvalue weighted by Crippen LogP contribution is -2.31. The van der Waals surface area contributed by atoms with Crippen LogP contribution in [0.5, 0.6) is 5.75 Å². The van der Waals surface area contributed by atoms with E-state index in [9.17, 15) is 25.0 Å². The number of esters is 1. The number of carbonyl (C=O) groups is 1. The van der Waals surface area contributed by atoms with Crippen molar-refractivity contribution in [2.24, 2.45) is 0 Å². The first-order valence-electron chi connectivity index (χ1n) is 7.30. The topological polar surface area (TPSA) is 110 Å². The highest BCUT2D eigenvalue weighted by Crippen LogP contribution is 2.22. The summed E-state index contributed by atoms with van der Waals surface area (Å²) in [6.45, 7) is 0. The summed E-state index contributed by atoms with van der Waals surface area (Å²) in [6, 6.07) is 15.7.